The average molecular weight is 329 g/mol. The number of pyridine rings is 2. The molecule has 0 bridgehead atoms. The molecule has 2 aromatic heterocycles. The van der Waals surface area contributed by atoms with Crippen LogP contribution in [0.2, 0.25) is 0 Å². The van der Waals surface area contributed by atoms with Gasteiger partial charge in [0.1, 0.15) is 11.6 Å². The van der Waals surface area contributed by atoms with Crippen molar-refractivity contribution in [2.45, 2.75) is 40.5 Å². The van der Waals surface area contributed by atoms with E-state index in [2.05, 4.69) is 56.9 Å². The minimum Gasteiger partial charge on any atom is -0.278 e. The Morgan fingerprint density at radius 3 is 2.24 bits per heavy atom. The number of nitrogens with zero attached hydrogens (tertiary/aromatic N) is 3. The van der Waals surface area contributed by atoms with Crippen molar-refractivity contribution in [2.75, 3.05) is 4.90 Å². The van der Waals surface area contributed by atoms with Crippen LogP contribution in [-0.2, 0) is 12.8 Å². The maximum absolute atomic E-state index is 4.83. The number of hydrogen-bond acceptors (Lipinski definition) is 3. The van der Waals surface area contributed by atoms with Crippen molar-refractivity contribution < 1.29 is 0 Å². The molecule has 0 N–H and O–H groups in total. The summed E-state index contributed by atoms with van der Waals surface area (Å²) in [6.45, 7) is 8.61. The molecule has 0 unspecified atom stereocenters. The Bertz CT molecular complexity index is 936. The molecular formula is C22H23N3. The Morgan fingerprint density at radius 1 is 0.800 bits per heavy atom. The fourth-order valence-corrected chi connectivity index (χ4v) is 3.94. The van der Waals surface area contributed by atoms with E-state index in [1.165, 1.54) is 39.1 Å². The predicted octanol–water partition coefficient (Wildman–Crippen LogP) is 5.28. The number of aryl methyl sites for hydroxylation is 6. The van der Waals surface area contributed by atoms with Crippen LogP contribution in [0.15, 0.2) is 42.7 Å². The first-order valence-corrected chi connectivity index (χ1v) is 8.82. The van der Waals surface area contributed by atoms with Gasteiger partial charge in [0.25, 0.3) is 0 Å². The van der Waals surface area contributed by atoms with E-state index >= 15 is 0 Å². The van der Waals surface area contributed by atoms with Gasteiger partial charge in [-0.25, -0.2) is 9.97 Å². The van der Waals surface area contributed by atoms with E-state index < -0.39 is 0 Å². The van der Waals surface area contributed by atoms with E-state index in [4.69, 9.17) is 9.97 Å². The molecule has 0 amide bonds. The first-order valence-electron chi connectivity index (χ1n) is 8.82. The third-order valence-electron chi connectivity index (χ3n) is 4.89. The monoisotopic (exact) mass is 329 g/mol. The molecule has 126 valence electrons. The largest absolute Gasteiger partial charge is 0.278 e. The molecule has 25 heavy (non-hydrogen) atoms. The predicted molar refractivity (Wildman–Crippen MR) is 103 cm³/mol. The van der Waals surface area contributed by atoms with Crippen molar-refractivity contribution in [1.82, 2.24) is 9.97 Å². The number of rotatable bonds is 1. The summed E-state index contributed by atoms with van der Waals surface area (Å²) in [4.78, 5) is 11.8. The lowest BCUT2D eigenvalue weighted by atomic mass is 10.0. The van der Waals surface area contributed by atoms with Crippen LogP contribution in [0.4, 0.5) is 17.3 Å². The number of aromatic nitrogens is 2. The first kappa shape index (κ1) is 15.8. The molecule has 0 atom stereocenters. The Morgan fingerprint density at radius 2 is 1.48 bits per heavy atom. The van der Waals surface area contributed by atoms with Gasteiger partial charge in [-0.2, -0.15) is 0 Å². The molecular weight excluding hydrogens is 306 g/mol. The van der Waals surface area contributed by atoms with Gasteiger partial charge in [-0.15, -0.1) is 0 Å². The molecule has 1 aliphatic rings. The van der Waals surface area contributed by atoms with Gasteiger partial charge in [0.15, 0.2) is 0 Å². The van der Waals surface area contributed by atoms with Crippen molar-refractivity contribution in [2.24, 2.45) is 0 Å². The lowest BCUT2D eigenvalue weighted by Gasteiger charge is -2.28. The molecule has 0 saturated carbocycles. The van der Waals surface area contributed by atoms with Crippen LogP contribution in [0.3, 0.4) is 0 Å². The van der Waals surface area contributed by atoms with Gasteiger partial charge in [0, 0.05) is 12.4 Å². The second-order valence-electron chi connectivity index (χ2n) is 7.06. The minimum atomic E-state index is 0.988. The second kappa shape index (κ2) is 5.99. The van der Waals surface area contributed by atoms with Crippen molar-refractivity contribution in [3.8, 4) is 0 Å². The van der Waals surface area contributed by atoms with Gasteiger partial charge in [0.05, 0.1) is 5.69 Å². The van der Waals surface area contributed by atoms with E-state index in [0.717, 1.165) is 24.5 Å². The van der Waals surface area contributed by atoms with E-state index in [9.17, 15) is 0 Å². The van der Waals surface area contributed by atoms with Crippen molar-refractivity contribution in [1.29, 1.82) is 0 Å². The normalized spacial score (nSPS) is 13.2. The van der Waals surface area contributed by atoms with Crippen LogP contribution in [0.5, 0.6) is 0 Å². The van der Waals surface area contributed by atoms with Gasteiger partial charge in [0.2, 0.25) is 0 Å². The van der Waals surface area contributed by atoms with Gasteiger partial charge in [-0.05, 0) is 74.4 Å². The van der Waals surface area contributed by atoms with Crippen LogP contribution in [0, 0.1) is 27.7 Å². The van der Waals surface area contributed by atoms with E-state index in [0.29, 0.717) is 0 Å². The zero-order chi connectivity index (χ0) is 17.6. The number of anilines is 3. The topological polar surface area (TPSA) is 29.0 Å². The lowest BCUT2D eigenvalue weighted by Crippen LogP contribution is -2.17. The summed E-state index contributed by atoms with van der Waals surface area (Å²) in [7, 11) is 0. The number of fused-ring (bicyclic) bond motifs is 2. The summed E-state index contributed by atoms with van der Waals surface area (Å²) < 4.78 is 0. The quantitative estimate of drug-likeness (QED) is 0.608. The highest BCUT2D eigenvalue weighted by molar-refractivity contribution is 5.80. The smallest absolute Gasteiger partial charge is 0.141 e. The molecule has 3 nitrogen and oxygen atoms in total. The molecule has 0 saturated heterocycles. The standard InChI is InChI=1S/C22H23N3/c1-14-10-16(3)20(17(4)11-14)25-21-18(6-5-9-23-21)7-8-19-12-15(2)13-24-22(19)25/h5-6,9-13H,7-8H2,1-4H3. The maximum atomic E-state index is 4.83. The van der Waals surface area contributed by atoms with E-state index in [1.54, 1.807) is 0 Å². The van der Waals surface area contributed by atoms with Crippen LogP contribution in [0.25, 0.3) is 0 Å². The average Bonchev–Trinajstić information content (AvgIpc) is 2.72. The molecule has 0 spiro atoms. The Kier molecular flexibility index (Phi) is 3.79. The zero-order valence-electron chi connectivity index (χ0n) is 15.3. The van der Waals surface area contributed by atoms with Gasteiger partial charge >= 0.3 is 0 Å². The van der Waals surface area contributed by atoms with Crippen molar-refractivity contribution in [3.05, 3.63) is 76.1 Å². The van der Waals surface area contributed by atoms with Crippen LogP contribution >= 0.6 is 0 Å². The third-order valence-corrected chi connectivity index (χ3v) is 4.89. The van der Waals surface area contributed by atoms with Gasteiger partial charge in [-0.1, -0.05) is 29.8 Å². The Balaban J connectivity index is 2.04. The number of benzene rings is 1. The lowest BCUT2D eigenvalue weighted by molar-refractivity contribution is 0.963. The molecule has 1 aromatic carbocycles. The fraction of sp³-hybridized carbons (Fsp3) is 0.273. The molecule has 3 heterocycles. The van der Waals surface area contributed by atoms with Gasteiger partial charge in [-0.3, -0.25) is 4.90 Å². The highest BCUT2D eigenvalue weighted by atomic mass is 15.2. The molecule has 4 rings (SSSR count). The van der Waals surface area contributed by atoms with Crippen LogP contribution in [-0.4, -0.2) is 9.97 Å². The van der Waals surface area contributed by atoms with Crippen LogP contribution < -0.4 is 4.90 Å². The summed E-state index contributed by atoms with van der Waals surface area (Å²) >= 11 is 0. The fourth-order valence-electron chi connectivity index (χ4n) is 3.94. The summed E-state index contributed by atoms with van der Waals surface area (Å²) in [6, 6.07) is 11.0. The molecule has 0 radical (unpaired) electrons. The Labute approximate surface area is 149 Å². The van der Waals surface area contributed by atoms with Crippen molar-refractivity contribution in [3.63, 3.8) is 0 Å². The summed E-state index contributed by atoms with van der Waals surface area (Å²) in [5.41, 5.74) is 8.76. The summed E-state index contributed by atoms with van der Waals surface area (Å²) in [5.74, 6) is 2.02. The molecule has 3 aromatic rings. The highest BCUT2D eigenvalue weighted by Crippen LogP contribution is 2.42. The zero-order valence-corrected chi connectivity index (χ0v) is 15.3. The van der Waals surface area contributed by atoms with E-state index in [-0.39, 0.29) is 0 Å². The summed E-state index contributed by atoms with van der Waals surface area (Å²) in [5, 5.41) is 0. The molecule has 3 heteroatoms. The molecule has 1 aliphatic heterocycles. The minimum absolute atomic E-state index is 0.988. The summed E-state index contributed by atoms with van der Waals surface area (Å²) in [6.07, 6.45) is 5.81. The SMILES string of the molecule is Cc1cc(C)c(N2c3ncccc3CCc3cc(C)cnc32)c(C)c1. The number of hydrogen-bond donors (Lipinski definition) is 0. The molecule has 0 fully saturated rings. The second-order valence-corrected chi connectivity index (χ2v) is 7.06. The maximum Gasteiger partial charge on any atom is 0.141 e. The van der Waals surface area contributed by atoms with Crippen LogP contribution in [0.1, 0.15) is 33.4 Å². The first-order chi connectivity index (χ1) is 12.0. The molecule has 0 aliphatic carbocycles. The van der Waals surface area contributed by atoms with E-state index in [1.807, 2.05) is 18.5 Å². The highest BCUT2D eigenvalue weighted by Gasteiger charge is 2.26. The third kappa shape index (κ3) is 2.70. The van der Waals surface area contributed by atoms with Gasteiger partial charge < -0.3 is 0 Å². The Hall–Kier alpha value is -2.68. The van der Waals surface area contributed by atoms with Crippen molar-refractivity contribution >= 4 is 17.3 Å².